The summed E-state index contributed by atoms with van der Waals surface area (Å²) in [6, 6.07) is 21.6. The van der Waals surface area contributed by atoms with Crippen LogP contribution in [-0.4, -0.2) is 42.9 Å². The molecule has 0 saturated carbocycles. The van der Waals surface area contributed by atoms with Crippen molar-refractivity contribution >= 4 is 29.5 Å². The number of hydrogen-bond acceptors (Lipinski definition) is 6. The Bertz CT molecular complexity index is 1180. The van der Waals surface area contributed by atoms with E-state index in [2.05, 4.69) is 10.6 Å². The minimum absolute atomic E-state index is 0.143. The zero-order valence-corrected chi connectivity index (χ0v) is 19.6. The second-order valence-corrected chi connectivity index (χ2v) is 7.71. The van der Waals surface area contributed by atoms with Gasteiger partial charge in [0.15, 0.2) is 6.79 Å². The highest BCUT2D eigenvalue weighted by Gasteiger charge is 2.21. The molecule has 0 aliphatic rings. The van der Waals surface area contributed by atoms with Crippen LogP contribution in [0, 0.1) is 0 Å². The number of amides is 3. The van der Waals surface area contributed by atoms with E-state index in [-0.39, 0.29) is 18.8 Å². The van der Waals surface area contributed by atoms with Crippen LogP contribution in [-0.2, 0) is 20.7 Å². The zero-order chi connectivity index (χ0) is 25.8. The highest BCUT2D eigenvalue weighted by molar-refractivity contribution is 6.00. The molecule has 36 heavy (non-hydrogen) atoms. The zero-order valence-electron chi connectivity index (χ0n) is 19.6. The smallest absolute Gasteiger partial charge is 0.274 e. The van der Waals surface area contributed by atoms with E-state index in [1.807, 2.05) is 30.3 Å². The van der Waals surface area contributed by atoms with Crippen LogP contribution in [0.2, 0.25) is 0 Å². The van der Waals surface area contributed by atoms with Crippen molar-refractivity contribution in [1.29, 1.82) is 0 Å². The fourth-order valence-electron chi connectivity index (χ4n) is 3.25. The molecule has 0 heterocycles. The normalized spacial score (nSPS) is 11.5. The fraction of sp³-hybridized carbons (Fsp3) is 0.148. The number of hydroxylamine groups is 1. The van der Waals surface area contributed by atoms with E-state index in [0.29, 0.717) is 11.4 Å². The van der Waals surface area contributed by atoms with E-state index >= 15 is 0 Å². The van der Waals surface area contributed by atoms with Crippen molar-refractivity contribution in [3.8, 4) is 5.75 Å². The van der Waals surface area contributed by atoms with Gasteiger partial charge in [-0.1, -0.05) is 42.5 Å². The van der Waals surface area contributed by atoms with Crippen LogP contribution in [0.5, 0.6) is 5.75 Å². The molecule has 3 rings (SSSR count). The first-order valence-corrected chi connectivity index (χ1v) is 11.1. The average Bonchev–Trinajstić information content (AvgIpc) is 2.91. The van der Waals surface area contributed by atoms with Crippen LogP contribution < -0.4 is 20.9 Å². The Hall–Kier alpha value is -4.47. The third kappa shape index (κ3) is 8.08. The van der Waals surface area contributed by atoms with Crippen LogP contribution in [0.1, 0.15) is 21.5 Å². The van der Waals surface area contributed by atoms with Crippen molar-refractivity contribution in [3.63, 3.8) is 0 Å². The Kier molecular flexibility index (Phi) is 9.75. The van der Waals surface area contributed by atoms with E-state index in [4.69, 9.17) is 14.7 Å². The summed E-state index contributed by atoms with van der Waals surface area (Å²) in [5.74, 6) is -0.866. The maximum atomic E-state index is 13.0. The van der Waals surface area contributed by atoms with Crippen LogP contribution in [0.3, 0.4) is 0 Å². The first kappa shape index (κ1) is 26.1. The molecule has 0 bridgehead atoms. The molecule has 1 atom stereocenters. The maximum Gasteiger partial charge on any atom is 0.274 e. The number of rotatable bonds is 11. The summed E-state index contributed by atoms with van der Waals surface area (Å²) in [5.41, 5.74) is 3.88. The van der Waals surface area contributed by atoms with E-state index in [0.717, 1.165) is 11.1 Å². The first-order chi connectivity index (χ1) is 17.5. The van der Waals surface area contributed by atoms with E-state index in [1.165, 1.54) is 37.5 Å². The summed E-state index contributed by atoms with van der Waals surface area (Å²) in [7, 11) is 1.54. The Balaban J connectivity index is 1.67. The lowest BCUT2D eigenvalue weighted by Crippen LogP contribution is -2.44. The molecule has 1 unspecified atom stereocenters. The van der Waals surface area contributed by atoms with Crippen molar-refractivity contribution in [3.05, 3.63) is 102 Å². The van der Waals surface area contributed by atoms with E-state index in [1.54, 1.807) is 35.8 Å². The van der Waals surface area contributed by atoms with E-state index in [9.17, 15) is 14.4 Å². The predicted molar refractivity (Wildman–Crippen MR) is 134 cm³/mol. The molecule has 0 spiro atoms. The molecule has 0 aromatic heterocycles. The molecule has 3 aromatic carbocycles. The Morgan fingerprint density at radius 3 is 2.28 bits per heavy atom. The molecule has 186 valence electrons. The second-order valence-electron chi connectivity index (χ2n) is 7.71. The minimum atomic E-state index is -0.852. The molecule has 0 aliphatic heterocycles. The Morgan fingerprint density at radius 1 is 0.944 bits per heavy atom. The standard InChI is InChI=1S/C27H27N3O6/c1-35-18-36-23-14-7-19(8-15-23)9-16-25(31)29-24(17-20-5-3-2-4-6-20)27(33)28-22-12-10-21(11-13-22)26(32)30-34/h2-16,24,34H,17-18H2,1H3,(H,28,33)(H,29,31)(H,30,32)/b16-9+. The van der Waals surface area contributed by atoms with Crippen molar-refractivity contribution in [2.75, 3.05) is 19.2 Å². The van der Waals surface area contributed by atoms with Crippen molar-refractivity contribution < 1.29 is 29.1 Å². The topological polar surface area (TPSA) is 126 Å². The van der Waals surface area contributed by atoms with Gasteiger partial charge in [-0.3, -0.25) is 19.6 Å². The quantitative estimate of drug-likeness (QED) is 0.142. The number of carbonyl (C=O) groups is 3. The van der Waals surface area contributed by atoms with Gasteiger partial charge >= 0.3 is 0 Å². The van der Waals surface area contributed by atoms with Gasteiger partial charge < -0.3 is 20.1 Å². The average molecular weight is 490 g/mol. The van der Waals surface area contributed by atoms with Crippen molar-refractivity contribution in [2.24, 2.45) is 0 Å². The summed E-state index contributed by atoms with van der Waals surface area (Å²) < 4.78 is 10.2. The largest absolute Gasteiger partial charge is 0.468 e. The lowest BCUT2D eigenvalue weighted by molar-refractivity contribution is -0.123. The molecule has 0 fully saturated rings. The van der Waals surface area contributed by atoms with Gasteiger partial charge in [-0.05, 0) is 53.6 Å². The predicted octanol–water partition coefficient (Wildman–Crippen LogP) is 3.17. The highest BCUT2D eigenvalue weighted by atomic mass is 16.7. The summed E-state index contributed by atoms with van der Waals surface area (Å²) in [6.07, 6.45) is 3.28. The van der Waals surface area contributed by atoms with Gasteiger partial charge in [0.1, 0.15) is 11.8 Å². The van der Waals surface area contributed by atoms with Crippen LogP contribution in [0.15, 0.2) is 84.9 Å². The lowest BCUT2D eigenvalue weighted by Gasteiger charge is -2.18. The highest BCUT2D eigenvalue weighted by Crippen LogP contribution is 2.14. The number of nitrogens with one attached hydrogen (secondary N) is 3. The molecule has 9 nitrogen and oxygen atoms in total. The van der Waals surface area contributed by atoms with Crippen molar-refractivity contribution in [2.45, 2.75) is 12.5 Å². The molecule has 0 saturated heterocycles. The number of carbonyl (C=O) groups excluding carboxylic acids is 3. The Labute approximate surface area is 208 Å². The fourth-order valence-corrected chi connectivity index (χ4v) is 3.25. The van der Waals surface area contributed by atoms with Gasteiger partial charge in [0.25, 0.3) is 5.91 Å². The first-order valence-electron chi connectivity index (χ1n) is 11.1. The SMILES string of the molecule is COCOc1ccc(/C=C/C(=O)NC(Cc2ccccc2)C(=O)Nc2ccc(C(=O)NO)cc2)cc1. The summed E-state index contributed by atoms with van der Waals surface area (Å²) >= 11 is 0. The van der Waals surface area contributed by atoms with Crippen molar-refractivity contribution in [1.82, 2.24) is 10.8 Å². The molecule has 0 aliphatic carbocycles. The van der Waals surface area contributed by atoms with Crippen LogP contribution in [0.25, 0.3) is 6.08 Å². The molecule has 3 aromatic rings. The molecular formula is C27H27N3O6. The van der Waals surface area contributed by atoms with E-state index < -0.39 is 23.8 Å². The Morgan fingerprint density at radius 2 is 1.64 bits per heavy atom. The van der Waals surface area contributed by atoms with Gasteiger partial charge in [0.05, 0.1) is 0 Å². The maximum absolute atomic E-state index is 13.0. The van der Waals surface area contributed by atoms with Crippen LogP contribution in [0.4, 0.5) is 5.69 Å². The van der Waals surface area contributed by atoms with Gasteiger partial charge in [0.2, 0.25) is 11.8 Å². The number of methoxy groups -OCH3 is 1. The van der Waals surface area contributed by atoms with Gasteiger partial charge in [-0.2, -0.15) is 0 Å². The van der Waals surface area contributed by atoms with Gasteiger partial charge in [-0.25, -0.2) is 5.48 Å². The number of benzene rings is 3. The number of anilines is 1. The van der Waals surface area contributed by atoms with Gasteiger partial charge in [-0.15, -0.1) is 0 Å². The number of hydrogen-bond donors (Lipinski definition) is 4. The molecule has 0 radical (unpaired) electrons. The summed E-state index contributed by atoms with van der Waals surface area (Å²) in [5, 5.41) is 14.2. The number of ether oxygens (including phenoxy) is 2. The minimum Gasteiger partial charge on any atom is -0.468 e. The van der Waals surface area contributed by atoms with Gasteiger partial charge in [0, 0.05) is 30.9 Å². The second kappa shape index (κ2) is 13.4. The molecule has 9 heteroatoms. The molecule has 4 N–H and O–H groups in total. The third-order valence-electron chi connectivity index (χ3n) is 5.08. The van der Waals surface area contributed by atoms with Crippen LogP contribution >= 0.6 is 0 Å². The summed E-state index contributed by atoms with van der Waals surface area (Å²) in [4.78, 5) is 37.2. The third-order valence-corrected chi connectivity index (χ3v) is 5.08. The lowest BCUT2D eigenvalue weighted by atomic mass is 10.0. The monoisotopic (exact) mass is 489 g/mol. The molecular weight excluding hydrogens is 462 g/mol. The molecule has 3 amide bonds. The summed E-state index contributed by atoms with van der Waals surface area (Å²) in [6.45, 7) is 0.143.